The molecule has 0 radical (unpaired) electrons. The number of nitrogens with one attached hydrogen (secondary N) is 1. The van der Waals surface area contributed by atoms with Crippen LogP contribution in [0, 0.1) is 5.92 Å². The average Bonchev–Trinajstić information content (AvgIpc) is 2.53. The first-order valence-electron chi connectivity index (χ1n) is 8.08. The van der Waals surface area contributed by atoms with Gasteiger partial charge in [-0.3, -0.25) is 0 Å². The molecule has 0 aromatic heterocycles. The molecule has 0 aliphatic rings. The first kappa shape index (κ1) is 17.8. The summed E-state index contributed by atoms with van der Waals surface area (Å²) < 4.78 is 10.7. The van der Waals surface area contributed by atoms with Gasteiger partial charge in [-0.05, 0) is 43.5 Å². The Balaban J connectivity index is 2.80. The van der Waals surface area contributed by atoms with Gasteiger partial charge in [-0.2, -0.15) is 0 Å². The standard InChI is InChI=1S/C18H31NO2/c1-6-8-9-15(7-2)16(19-3)12-14-10-11-17(20-4)18(13-14)21-5/h10-11,13,15-16,19H,6-9,12H2,1-5H3. The van der Waals surface area contributed by atoms with Crippen LogP contribution in [0.1, 0.15) is 45.1 Å². The van der Waals surface area contributed by atoms with Crippen LogP contribution in [0.3, 0.4) is 0 Å². The van der Waals surface area contributed by atoms with Crippen molar-refractivity contribution in [2.75, 3.05) is 21.3 Å². The van der Waals surface area contributed by atoms with Crippen LogP contribution in [0.4, 0.5) is 0 Å². The van der Waals surface area contributed by atoms with Gasteiger partial charge >= 0.3 is 0 Å². The molecule has 0 heterocycles. The average molecular weight is 293 g/mol. The molecule has 21 heavy (non-hydrogen) atoms. The summed E-state index contributed by atoms with van der Waals surface area (Å²) in [7, 11) is 5.43. The van der Waals surface area contributed by atoms with Crippen LogP contribution in [-0.4, -0.2) is 27.3 Å². The van der Waals surface area contributed by atoms with Gasteiger partial charge in [-0.25, -0.2) is 0 Å². The van der Waals surface area contributed by atoms with E-state index in [-0.39, 0.29) is 0 Å². The molecule has 0 aliphatic carbocycles. The number of rotatable bonds is 10. The Morgan fingerprint density at radius 3 is 2.33 bits per heavy atom. The van der Waals surface area contributed by atoms with Gasteiger partial charge in [-0.15, -0.1) is 0 Å². The molecule has 0 saturated carbocycles. The second-order valence-corrected chi connectivity index (χ2v) is 5.60. The maximum Gasteiger partial charge on any atom is 0.160 e. The molecule has 0 aliphatic heterocycles. The van der Waals surface area contributed by atoms with E-state index < -0.39 is 0 Å². The molecule has 1 N–H and O–H groups in total. The molecule has 0 amide bonds. The lowest BCUT2D eigenvalue weighted by Gasteiger charge is -2.26. The number of hydrogen-bond donors (Lipinski definition) is 1. The molecule has 1 aromatic carbocycles. The van der Waals surface area contributed by atoms with E-state index in [0.29, 0.717) is 6.04 Å². The van der Waals surface area contributed by atoms with Crippen molar-refractivity contribution in [1.82, 2.24) is 5.32 Å². The Bertz CT molecular complexity index is 406. The van der Waals surface area contributed by atoms with Crippen LogP contribution in [0.25, 0.3) is 0 Å². The van der Waals surface area contributed by atoms with Gasteiger partial charge in [0.2, 0.25) is 0 Å². The van der Waals surface area contributed by atoms with Gasteiger partial charge in [-0.1, -0.05) is 39.2 Å². The van der Waals surface area contributed by atoms with Crippen LogP contribution in [0.15, 0.2) is 18.2 Å². The van der Waals surface area contributed by atoms with Gasteiger partial charge < -0.3 is 14.8 Å². The first-order chi connectivity index (χ1) is 10.2. The molecule has 0 bridgehead atoms. The van der Waals surface area contributed by atoms with Gasteiger partial charge in [0.15, 0.2) is 11.5 Å². The topological polar surface area (TPSA) is 30.5 Å². The molecule has 120 valence electrons. The number of likely N-dealkylation sites (N-methyl/N-ethyl adjacent to an activating group) is 1. The summed E-state index contributed by atoms with van der Waals surface area (Å²) in [5.74, 6) is 2.33. The first-order valence-corrected chi connectivity index (χ1v) is 8.08. The third-order valence-electron chi connectivity index (χ3n) is 4.30. The molecule has 3 heteroatoms. The van der Waals surface area contributed by atoms with Crippen molar-refractivity contribution in [2.45, 2.75) is 52.0 Å². The third kappa shape index (κ3) is 5.24. The van der Waals surface area contributed by atoms with Crippen molar-refractivity contribution in [3.63, 3.8) is 0 Å². The molecular weight excluding hydrogens is 262 g/mol. The van der Waals surface area contributed by atoms with Crippen LogP contribution in [0.5, 0.6) is 11.5 Å². The summed E-state index contributed by atoms with van der Waals surface area (Å²) in [6.45, 7) is 4.55. The van der Waals surface area contributed by atoms with Crippen LogP contribution in [-0.2, 0) is 6.42 Å². The normalized spacial score (nSPS) is 13.8. The second kappa shape index (κ2) is 9.67. The van der Waals surface area contributed by atoms with Gasteiger partial charge in [0, 0.05) is 6.04 Å². The van der Waals surface area contributed by atoms with E-state index in [1.807, 2.05) is 6.07 Å². The van der Waals surface area contributed by atoms with Crippen LogP contribution < -0.4 is 14.8 Å². The van der Waals surface area contributed by atoms with Crippen molar-refractivity contribution in [3.8, 4) is 11.5 Å². The monoisotopic (exact) mass is 293 g/mol. The zero-order valence-electron chi connectivity index (χ0n) is 14.2. The maximum absolute atomic E-state index is 5.40. The highest BCUT2D eigenvalue weighted by atomic mass is 16.5. The summed E-state index contributed by atoms with van der Waals surface area (Å²) in [5.41, 5.74) is 1.29. The second-order valence-electron chi connectivity index (χ2n) is 5.60. The maximum atomic E-state index is 5.40. The van der Waals surface area contributed by atoms with E-state index in [2.05, 4.69) is 38.3 Å². The van der Waals surface area contributed by atoms with Crippen molar-refractivity contribution in [2.24, 2.45) is 5.92 Å². The summed E-state index contributed by atoms with van der Waals surface area (Å²) in [6.07, 6.45) is 6.12. The zero-order chi connectivity index (χ0) is 15.7. The lowest BCUT2D eigenvalue weighted by Crippen LogP contribution is -2.35. The Morgan fingerprint density at radius 2 is 1.81 bits per heavy atom. The predicted octanol–water partition coefficient (Wildman–Crippen LogP) is 4.05. The molecule has 0 fully saturated rings. The minimum absolute atomic E-state index is 0.514. The quantitative estimate of drug-likeness (QED) is 0.706. The van der Waals surface area contributed by atoms with Crippen LogP contribution >= 0.6 is 0 Å². The van der Waals surface area contributed by atoms with E-state index >= 15 is 0 Å². The minimum atomic E-state index is 0.514. The van der Waals surface area contributed by atoms with E-state index in [0.717, 1.165) is 23.8 Å². The molecule has 2 unspecified atom stereocenters. The number of methoxy groups -OCH3 is 2. The Kier molecular flexibility index (Phi) is 8.21. The van der Waals surface area contributed by atoms with E-state index in [4.69, 9.17) is 9.47 Å². The molecule has 3 nitrogen and oxygen atoms in total. The number of hydrogen-bond acceptors (Lipinski definition) is 3. The molecule has 0 spiro atoms. The lowest BCUT2D eigenvalue weighted by atomic mass is 9.87. The molecule has 2 atom stereocenters. The summed E-state index contributed by atoms with van der Waals surface area (Å²) in [4.78, 5) is 0. The largest absolute Gasteiger partial charge is 0.493 e. The van der Waals surface area contributed by atoms with Gasteiger partial charge in [0.25, 0.3) is 0 Å². The number of ether oxygens (including phenoxy) is 2. The van der Waals surface area contributed by atoms with Crippen LogP contribution in [0.2, 0.25) is 0 Å². The SMILES string of the molecule is CCCCC(CC)C(Cc1ccc(OC)c(OC)c1)NC. The van der Waals surface area contributed by atoms with Gasteiger partial charge in [0.05, 0.1) is 14.2 Å². The summed E-state index contributed by atoms with van der Waals surface area (Å²) in [6, 6.07) is 6.74. The fourth-order valence-electron chi connectivity index (χ4n) is 2.92. The molecule has 1 aromatic rings. The summed E-state index contributed by atoms with van der Waals surface area (Å²) in [5, 5.41) is 3.50. The van der Waals surface area contributed by atoms with Crippen molar-refractivity contribution >= 4 is 0 Å². The fraction of sp³-hybridized carbons (Fsp3) is 0.667. The Morgan fingerprint density at radius 1 is 1.10 bits per heavy atom. The summed E-state index contributed by atoms with van der Waals surface area (Å²) >= 11 is 0. The minimum Gasteiger partial charge on any atom is -0.493 e. The lowest BCUT2D eigenvalue weighted by molar-refractivity contribution is 0.328. The van der Waals surface area contributed by atoms with Crippen molar-refractivity contribution in [1.29, 1.82) is 0 Å². The number of unbranched alkanes of at least 4 members (excludes halogenated alkanes) is 1. The third-order valence-corrected chi connectivity index (χ3v) is 4.30. The Hall–Kier alpha value is -1.22. The van der Waals surface area contributed by atoms with E-state index in [1.54, 1.807) is 14.2 Å². The smallest absolute Gasteiger partial charge is 0.160 e. The highest BCUT2D eigenvalue weighted by Crippen LogP contribution is 2.29. The van der Waals surface area contributed by atoms with E-state index in [1.165, 1.54) is 31.2 Å². The fourth-order valence-corrected chi connectivity index (χ4v) is 2.92. The molecular formula is C18H31NO2. The highest BCUT2D eigenvalue weighted by molar-refractivity contribution is 5.43. The predicted molar refractivity (Wildman–Crippen MR) is 89.4 cm³/mol. The van der Waals surface area contributed by atoms with Crippen molar-refractivity contribution < 1.29 is 9.47 Å². The highest BCUT2D eigenvalue weighted by Gasteiger charge is 2.19. The number of benzene rings is 1. The molecule has 1 rings (SSSR count). The van der Waals surface area contributed by atoms with Gasteiger partial charge in [0.1, 0.15) is 0 Å². The zero-order valence-corrected chi connectivity index (χ0v) is 14.2. The van der Waals surface area contributed by atoms with E-state index in [9.17, 15) is 0 Å². The van der Waals surface area contributed by atoms with Crippen molar-refractivity contribution in [3.05, 3.63) is 23.8 Å². The Labute approximate surface area is 130 Å². The molecule has 0 saturated heterocycles.